The summed E-state index contributed by atoms with van der Waals surface area (Å²) in [6.45, 7) is 4.57. The Morgan fingerprint density at radius 2 is 1.80 bits per heavy atom. The molecule has 0 radical (unpaired) electrons. The molecule has 0 bridgehead atoms. The highest BCUT2D eigenvalue weighted by Gasteiger charge is 2.37. The average molecular weight is 284 g/mol. The third kappa shape index (κ3) is 4.45. The molecule has 0 aromatic heterocycles. The van der Waals surface area contributed by atoms with E-state index >= 15 is 0 Å². The third-order valence-corrected chi connectivity index (χ3v) is 4.63. The van der Waals surface area contributed by atoms with Gasteiger partial charge in [0.1, 0.15) is 0 Å². The first kappa shape index (κ1) is 17.4. The lowest BCUT2D eigenvalue weighted by Crippen LogP contribution is -2.52. The highest BCUT2D eigenvalue weighted by molar-refractivity contribution is 5.83. The fourth-order valence-electron chi connectivity index (χ4n) is 3.38. The summed E-state index contributed by atoms with van der Waals surface area (Å²) in [7, 11) is 0. The van der Waals surface area contributed by atoms with Crippen LogP contribution in [0.25, 0.3) is 0 Å². The molecule has 0 spiro atoms. The second kappa shape index (κ2) is 8.63. The number of aliphatic hydroxyl groups is 1. The lowest BCUT2D eigenvalue weighted by Gasteiger charge is -2.33. The van der Waals surface area contributed by atoms with E-state index in [2.05, 4.69) is 19.2 Å². The molecule has 1 rings (SSSR count). The number of nitrogens with two attached hydrogens (primary N) is 1. The Labute approximate surface area is 123 Å². The van der Waals surface area contributed by atoms with Crippen LogP contribution in [0.3, 0.4) is 0 Å². The minimum Gasteiger partial charge on any atom is -0.391 e. The van der Waals surface area contributed by atoms with Crippen molar-refractivity contribution in [2.24, 2.45) is 11.1 Å². The van der Waals surface area contributed by atoms with Gasteiger partial charge in [0.15, 0.2) is 0 Å². The van der Waals surface area contributed by atoms with Crippen LogP contribution in [-0.2, 0) is 4.79 Å². The van der Waals surface area contributed by atoms with Gasteiger partial charge in [-0.3, -0.25) is 4.79 Å². The van der Waals surface area contributed by atoms with Crippen LogP contribution in [0.2, 0.25) is 0 Å². The molecule has 0 saturated heterocycles. The Kier molecular flexibility index (Phi) is 7.52. The Hall–Kier alpha value is -0.610. The van der Waals surface area contributed by atoms with E-state index < -0.39 is 11.5 Å². The molecule has 1 aliphatic carbocycles. The number of hydrogen-bond acceptors (Lipinski definition) is 3. The molecule has 2 atom stereocenters. The van der Waals surface area contributed by atoms with Gasteiger partial charge in [-0.05, 0) is 25.7 Å². The molecule has 1 fully saturated rings. The van der Waals surface area contributed by atoms with Gasteiger partial charge in [-0.2, -0.15) is 0 Å². The average Bonchev–Trinajstić information content (AvgIpc) is 2.63. The number of amides is 1. The van der Waals surface area contributed by atoms with E-state index in [1.165, 1.54) is 0 Å². The SMILES string of the molecule is CCCC(CN)(CCC)C(=O)NC1CCCCCC1O. The summed E-state index contributed by atoms with van der Waals surface area (Å²) in [6.07, 6.45) is 8.12. The first-order valence-corrected chi connectivity index (χ1v) is 8.28. The zero-order valence-electron chi connectivity index (χ0n) is 13.2. The van der Waals surface area contributed by atoms with Crippen LogP contribution in [0.5, 0.6) is 0 Å². The topological polar surface area (TPSA) is 75.4 Å². The second-order valence-electron chi connectivity index (χ2n) is 6.27. The van der Waals surface area contributed by atoms with Crippen LogP contribution in [0.4, 0.5) is 0 Å². The van der Waals surface area contributed by atoms with Crippen LogP contribution in [0.15, 0.2) is 0 Å². The van der Waals surface area contributed by atoms with Gasteiger partial charge in [0.2, 0.25) is 5.91 Å². The normalized spacial score (nSPS) is 24.2. The van der Waals surface area contributed by atoms with Crippen molar-refractivity contribution in [1.29, 1.82) is 0 Å². The molecule has 4 heteroatoms. The molecular formula is C16H32N2O2. The van der Waals surface area contributed by atoms with Gasteiger partial charge in [0.25, 0.3) is 0 Å². The van der Waals surface area contributed by atoms with E-state index in [0.717, 1.165) is 57.8 Å². The van der Waals surface area contributed by atoms with Crippen molar-refractivity contribution < 1.29 is 9.90 Å². The van der Waals surface area contributed by atoms with Crippen molar-refractivity contribution in [3.8, 4) is 0 Å². The molecule has 4 N–H and O–H groups in total. The van der Waals surface area contributed by atoms with Crippen molar-refractivity contribution in [2.45, 2.75) is 83.8 Å². The van der Waals surface area contributed by atoms with E-state index in [1.54, 1.807) is 0 Å². The number of nitrogens with one attached hydrogen (secondary N) is 1. The van der Waals surface area contributed by atoms with E-state index in [9.17, 15) is 9.90 Å². The van der Waals surface area contributed by atoms with Gasteiger partial charge in [0.05, 0.1) is 17.6 Å². The van der Waals surface area contributed by atoms with E-state index in [0.29, 0.717) is 6.54 Å². The fourth-order valence-corrected chi connectivity index (χ4v) is 3.38. The molecule has 4 nitrogen and oxygen atoms in total. The lowest BCUT2D eigenvalue weighted by atomic mass is 9.78. The van der Waals surface area contributed by atoms with Crippen LogP contribution in [-0.4, -0.2) is 29.7 Å². The zero-order valence-corrected chi connectivity index (χ0v) is 13.2. The Morgan fingerprint density at radius 1 is 1.20 bits per heavy atom. The van der Waals surface area contributed by atoms with E-state index in [4.69, 9.17) is 5.73 Å². The van der Waals surface area contributed by atoms with E-state index in [-0.39, 0.29) is 11.9 Å². The second-order valence-corrected chi connectivity index (χ2v) is 6.27. The van der Waals surface area contributed by atoms with Crippen molar-refractivity contribution in [2.75, 3.05) is 6.54 Å². The molecule has 1 amide bonds. The standard InChI is InChI=1S/C16H32N2O2/c1-3-10-16(12-17,11-4-2)15(20)18-13-8-6-5-7-9-14(13)19/h13-14,19H,3-12,17H2,1-2H3,(H,18,20). The maximum Gasteiger partial charge on any atom is 0.227 e. The van der Waals surface area contributed by atoms with Crippen LogP contribution < -0.4 is 11.1 Å². The van der Waals surface area contributed by atoms with Crippen LogP contribution >= 0.6 is 0 Å². The number of rotatable bonds is 7. The monoisotopic (exact) mass is 284 g/mol. The molecule has 1 aliphatic rings. The van der Waals surface area contributed by atoms with Gasteiger partial charge < -0.3 is 16.2 Å². The predicted octanol–water partition coefficient (Wildman–Crippen LogP) is 2.34. The van der Waals surface area contributed by atoms with E-state index in [1.807, 2.05) is 0 Å². The summed E-state index contributed by atoms with van der Waals surface area (Å²) in [5.41, 5.74) is 5.48. The highest BCUT2D eigenvalue weighted by Crippen LogP contribution is 2.30. The largest absolute Gasteiger partial charge is 0.391 e. The highest BCUT2D eigenvalue weighted by atomic mass is 16.3. The number of carbonyl (C=O) groups is 1. The Balaban J connectivity index is 2.73. The summed E-state index contributed by atoms with van der Waals surface area (Å²) in [5.74, 6) is 0.0506. The minimum atomic E-state index is -0.449. The first-order valence-electron chi connectivity index (χ1n) is 8.28. The summed E-state index contributed by atoms with van der Waals surface area (Å²) >= 11 is 0. The quantitative estimate of drug-likeness (QED) is 0.628. The number of carbonyl (C=O) groups excluding carboxylic acids is 1. The molecule has 118 valence electrons. The fraction of sp³-hybridized carbons (Fsp3) is 0.938. The Morgan fingerprint density at radius 3 is 2.35 bits per heavy atom. The Bertz CT molecular complexity index is 288. The molecular weight excluding hydrogens is 252 g/mol. The van der Waals surface area contributed by atoms with Crippen LogP contribution in [0, 0.1) is 5.41 Å². The summed E-state index contributed by atoms with van der Waals surface area (Å²) in [5, 5.41) is 13.3. The van der Waals surface area contributed by atoms with Crippen molar-refractivity contribution in [3.63, 3.8) is 0 Å². The summed E-state index contributed by atoms with van der Waals surface area (Å²) < 4.78 is 0. The molecule has 0 aromatic rings. The van der Waals surface area contributed by atoms with Crippen LogP contribution in [0.1, 0.15) is 71.6 Å². The maximum absolute atomic E-state index is 12.7. The lowest BCUT2D eigenvalue weighted by molar-refractivity contribution is -0.133. The predicted molar refractivity (Wildman–Crippen MR) is 82.3 cm³/mol. The maximum atomic E-state index is 12.7. The molecule has 0 heterocycles. The van der Waals surface area contributed by atoms with Crippen molar-refractivity contribution in [3.05, 3.63) is 0 Å². The summed E-state index contributed by atoms with van der Waals surface area (Å²) in [4.78, 5) is 12.7. The summed E-state index contributed by atoms with van der Waals surface area (Å²) in [6, 6.07) is -0.0929. The van der Waals surface area contributed by atoms with Crippen molar-refractivity contribution in [1.82, 2.24) is 5.32 Å². The van der Waals surface area contributed by atoms with Gasteiger partial charge >= 0.3 is 0 Å². The molecule has 0 aliphatic heterocycles. The molecule has 20 heavy (non-hydrogen) atoms. The molecule has 0 aromatic carbocycles. The number of aliphatic hydroxyl groups excluding tert-OH is 1. The van der Waals surface area contributed by atoms with Gasteiger partial charge in [-0.1, -0.05) is 46.0 Å². The van der Waals surface area contributed by atoms with Gasteiger partial charge in [0, 0.05) is 6.54 Å². The number of hydrogen-bond donors (Lipinski definition) is 3. The molecule has 1 saturated carbocycles. The van der Waals surface area contributed by atoms with Crippen molar-refractivity contribution >= 4 is 5.91 Å². The first-order chi connectivity index (χ1) is 9.59. The van der Waals surface area contributed by atoms with Gasteiger partial charge in [-0.25, -0.2) is 0 Å². The minimum absolute atomic E-state index is 0.0506. The van der Waals surface area contributed by atoms with Gasteiger partial charge in [-0.15, -0.1) is 0 Å². The third-order valence-electron chi connectivity index (χ3n) is 4.63. The molecule has 2 unspecified atom stereocenters. The smallest absolute Gasteiger partial charge is 0.227 e. The zero-order chi connectivity index (χ0) is 15.0.